The van der Waals surface area contributed by atoms with Crippen LogP contribution < -0.4 is 5.32 Å². The number of rotatable bonds is 9. The molecule has 0 radical (unpaired) electrons. The van der Waals surface area contributed by atoms with Crippen LogP contribution in [0.1, 0.15) is 63.5 Å². The third-order valence-corrected chi connectivity index (χ3v) is 3.77. The minimum Gasteiger partial charge on any atom is -0.313 e. The predicted molar refractivity (Wildman–Crippen MR) is 81.2 cm³/mol. The molecule has 1 atom stereocenters. The number of benzene rings is 1. The Kier molecular flexibility index (Phi) is 8.08. The van der Waals surface area contributed by atoms with Crippen LogP contribution in [-0.4, -0.2) is 7.05 Å². The molecular weight excluding hydrogens is 261 g/mol. The summed E-state index contributed by atoms with van der Waals surface area (Å²) in [6, 6.07) is 5.02. The van der Waals surface area contributed by atoms with Crippen molar-refractivity contribution in [3.63, 3.8) is 0 Å². The molecule has 0 aliphatic carbocycles. The van der Waals surface area contributed by atoms with E-state index < -0.39 is 0 Å². The Morgan fingerprint density at radius 3 is 2.47 bits per heavy atom. The van der Waals surface area contributed by atoms with Gasteiger partial charge in [-0.25, -0.2) is 4.39 Å². The van der Waals surface area contributed by atoms with Crippen LogP contribution in [0.5, 0.6) is 0 Å². The molecule has 0 spiro atoms. The lowest BCUT2D eigenvalue weighted by atomic mass is 9.99. The summed E-state index contributed by atoms with van der Waals surface area (Å²) in [7, 11) is 1.88. The zero-order valence-corrected chi connectivity index (χ0v) is 12.8. The van der Waals surface area contributed by atoms with Crippen molar-refractivity contribution in [2.45, 2.75) is 57.9 Å². The van der Waals surface area contributed by atoms with Gasteiger partial charge in [-0.15, -0.1) is 0 Å². The summed E-state index contributed by atoms with van der Waals surface area (Å²) in [5.41, 5.74) is 0.723. The van der Waals surface area contributed by atoms with Crippen molar-refractivity contribution >= 4 is 11.6 Å². The van der Waals surface area contributed by atoms with Crippen LogP contribution in [0.25, 0.3) is 0 Å². The number of hydrogen-bond donors (Lipinski definition) is 1. The van der Waals surface area contributed by atoms with Gasteiger partial charge >= 0.3 is 0 Å². The molecular formula is C16H25ClFN. The van der Waals surface area contributed by atoms with Gasteiger partial charge in [-0.05, 0) is 25.6 Å². The minimum atomic E-state index is -0.210. The van der Waals surface area contributed by atoms with E-state index in [4.69, 9.17) is 11.6 Å². The van der Waals surface area contributed by atoms with Crippen molar-refractivity contribution in [2.24, 2.45) is 0 Å². The van der Waals surface area contributed by atoms with Crippen LogP contribution in [0.4, 0.5) is 4.39 Å². The first-order valence-electron chi connectivity index (χ1n) is 7.31. The van der Waals surface area contributed by atoms with Gasteiger partial charge in [0.05, 0.1) is 0 Å². The highest BCUT2D eigenvalue weighted by molar-refractivity contribution is 6.30. The van der Waals surface area contributed by atoms with Crippen molar-refractivity contribution < 1.29 is 4.39 Å². The molecule has 1 unspecified atom stereocenters. The summed E-state index contributed by atoms with van der Waals surface area (Å²) >= 11 is 5.78. The number of halogens is 2. The van der Waals surface area contributed by atoms with E-state index in [-0.39, 0.29) is 11.9 Å². The molecule has 19 heavy (non-hydrogen) atoms. The summed E-state index contributed by atoms with van der Waals surface area (Å²) in [4.78, 5) is 0. The molecule has 1 nitrogen and oxygen atoms in total. The van der Waals surface area contributed by atoms with Crippen LogP contribution in [0, 0.1) is 5.82 Å². The molecule has 0 bridgehead atoms. The molecule has 3 heteroatoms. The maximum Gasteiger partial charge on any atom is 0.129 e. The third kappa shape index (κ3) is 5.92. The lowest BCUT2D eigenvalue weighted by Crippen LogP contribution is -2.17. The normalized spacial score (nSPS) is 12.6. The largest absolute Gasteiger partial charge is 0.313 e. The molecule has 0 fully saturated rings. The van der Waals surface area contributed by atoms with Gasteiger partial charge in [0, 0.05) is 16.6 Å². The summed E-state index contributed by atoms with van der Waals surface area (Å²) in [5, 5.41) is 3.65. The Morgan fingerprint density at radius 2 is 1.84 bits per heavy atom. The fourth-order valence-electron chi connectivity index (χ4n) is 2.37. The van der Waals surface area contributed by atoms with Gasteiger partial charge in [0.2, 0.25) is 0 Å². The monoisotopic (exact) mass is 285 g/mol. The Hall–Kier alpha value is -0.600. The zero-order valence-electron chi connectivity index (χ0n) is 12.0. The van der Waals surface area contributed by atoms with E-state index in [1.165, 1.54) is 38.2 Å². The standard InChI is InChI=1S/C16H25ClFN/c1-3-4-5-6-7-8-9-16(19-2)14-11-10-13(17)12-15(14)18/h10-12,16,19H,3-9H2,1-2H3. The summed E-state index contributed by atoms with van der Waals surface area (Å²) in [5.74, 6) is -0.210. The number of hydrogen-bond acceptors (Lipinski definition) is 1. The molecule has 0 saturated carbocycles. The van der Waals surface area contributed by atoms with Crippen LogP contribution in [0.15, 0.2) is 18.2 Å². The fraction of sp³-hybridized carbons (Fsp3) is 0.625. The second kappa shape index (κ2) is 9.33. The highest BCUT2D eigenvalue weighted by Gasteiger charge is 2.13. The first kappa shape index (κ1) is 16.5. The lowest BCUT2D eigenvalue weighted by Gasteiger charge is -2.17. The van der Waals surface area contributed by atoms with Crippen molar-refractivity contribution in [1.82, 2.24) is 5.32 Å². The third-order valence-electron chi connectivity index (χ3n) is 3.53. The zero-order chi connectivity index (χ0) is 14.1. The predicted octanol–water partition coefficient (Wildman–Crippen LogP) is 5.49. The molecule has 0 aliphatic rings. The average molecular weight is 286 g/mol. The van der Waals surface area contributed by atoms with Gasteiger partial charge in [-0.3, -0.25) is 0 Å². The Bertz CT molecular complexity index is 368. The molecule has 0 amide bonds. The van der Waals surface area contributed by atoms with E-state index in [2.05, 4.69) is 12.2 Å². The van der Waals surface area contributed by atoms with Gasteiger partial charge in [-0.2, -0.15) is 0 Å². The summed E-state index contributed by atoms with van der Waals surface area (Å²) in [6.45, 7) is 2.22. The Labute approximate surface area is 121 Å². The SMILES string of the molecule is CCCCCCCCC(NC)c1ccc(Cl)cc1F. The quantitative estimate of drug-likeness (QED) is 0.592. The average Bonchev–Trinajstić information content (AvgIpc) is 2.39. The van der Waals surface area contributed by atoms with Gasteiger partial charge in [-0.1, -0.05) is 63.1 Å². The van der Waals surface area contributed by atoms with Crippen molar-refractivity contribution in [3.8, 4) is 0 Å². The Balaban J connectivity index is 2.40. The molecule has 1 rings (SSSR count). The van der Waals surface area contributed by atoms with Gasteiger partial charge < -0.3 is 5.32 Å². The molecule has 1 N–H and O–H groups in total. The van der Waals surface area contributed by atoms with Crippen LogP contribution in [0.3, 0.4) is 0 Å². The highest BCUT2D eigenvalue weighted by Crippen LogP contribution is 2.24. The molecule has 0 aliphatic heterocycles. The smallest absolute Gasteiger partial charge is 0.129 e. The van der Waals surface area contributed by atoms with Crippen LogP contribution in [-0.2, 0) is 0 Å². The van der Waals surface area contributed by atoms with E-state index in [1.54, 1.807) is 12.1 Å². The number of nitrogens with one attached hydrogen (secondary N) is 1. The van der Waals surface area contributed by atoms with E-state index in [1.807, 2.05) is 7.05 Å². The van der Waals surface area contributed by atoms with E-state index in [0.717, 1.165) is 18.4 Å². The van der Waals surface area contributed by atoms with Gasteiger partial charge in [0.25, 0.3) is 0 Å². The number of unbranched alkanes of at least 4 members (excludes halogenated alkanes) is 5. The molecule has 1 aromatic rings. The molecule has 0 saturated heterocycles. The first-order valence-corrected chi connectivity index (χ1v) is 7.69. The maximum atomic E-state index is 13.8. The highest BCUT2D eigenvalue weighted by atomic mass is 35.5. The summed E-state index contributed by atoms with van der Waals surface area (Å²) < 4.78 is 13.8. The molecule has 0 aromatic heterocycles. The summed E-state index contributed by atoms with van der Waals surface area (Å²) in [6.07, 6.45) is 8.53. The van der Waals surface area contributed by atoms with E-state index >= 15 is 0 Å². The fourth-order valence-corrected chi connectivity index (χ4v) is 2.53. The first-order chi connectivity index (χ1) is 9.19. The Morgan fingerprint density at radius 1 is 1.16 bits per heavy atom. The van der Waals surface area contributed by atoms with Crippen LogP contribution in [0.2, 0.25) is 5.02 Å². The molecule has 108 valence electrons. The van der Waals surface area contributed by atoms with Crippen molar-refractivity contribution in [3.05, 3.63) is 34.6 Å². The van der Waals surface area contributed by atoms with Crippen molar-refractivity contribution in [2.75, 3.05) is 7.05 Å². The van der Waals surface area contributed by atoms with E-state index in [9.17, 15) is 4.39 Å². The second-order valence-electron chi connectivity index (χ2n) is 5.06. The van der Waals surface area contributed by atoms with Gasteiger partial charge in [0.15, 0.2) is 0 Å². The topological polar surface area (TPSA) is 12.0 Å². The van der Waals surface area contributed by atoms with Crippen LogP contribution >= 0.6 is 11.6 Å². The minimum absolute atomic E-state index is 0.0865. The molecule has 1 aromatic carbocycles. The maximum absolute atomic E-state index is 13.8. The van der Waals surface area contributed by atoms with E-state index in [0.29, 0.717) is 5.02 Å². The van der Waals surface area contributed by atoms with Gasteiger partial charge in [0.1, 0.15) is 5.82 Å². The molecule has 0 heterocycles. The van der Waals surface area contributed by atoms with Crippen molar-refractivity contribution in [1.29, 1.82) is 0 Å². The lowest BCUT2D eigenvalue weighted by molar-refractivity contribution is 0.476. The second-order valence-corrected chi connectivity index (χ2v) is 5.50.